The number of fused-ring (bicyclic) bond motifs is 2. The number of aryl methyl sites for hydroxylation is 1. The molecule has 1 aromatic heterocycles. The zero-order valence-corrected chi connectivity index (χ0v) is 17.1. The van der Waals surface area contributed by atoms with Gasteiger partial charge in [0.05, 0.1) is 17.1 Å². The largest absolute Gasteiger partial charge is 0.485 e. The number of aromatic nitrogens is 2. The number of halogens is 3. The van der Waals surface area contributed by atoms with E-state index < -0.39 is 29.4 Å². The second-order valence-corrected chi connectivity index (χ2v) is 8.00. The predicted molar refractivity (Wildman–Crippen MR) is 108 cm³/mol. The molecule has 0 saturated heterocycles. The molecular weight excluding hydrogens is 395 g/mol. The van der Waals surface area contributed by atoms with Crippen molar-refractivity contribution in [3.05, 3.63) is 53.1 Å². The topological polar surface area (TPSA) is 56.3 Å². The van der Waals surface area contributed by atoms with Gasteiger partial charge in [-0.2, -0.15) is 0 Å². The van der Waals surface area contributed by atoms with E-state index in [9.17, 15) is 13.2 Å². The summed E-state index contributed by atoms with van der Waals surface area (Å²) in [5, 5.41) is 3.81. The number of hydrogen-bond donors (Lipinski definition) is 1. The lowest BCUT2D eigenvalue weighted by molar-refractivity contribution is 0.0216. The fourth-order valence-corrected chi connectivity index (χ4v) is 3.49. The van der Waals surface area contributed by atoms with Gasteiger partial charge >= 0.3 is 0 Å². The third kappa shape index (κ3) is 3.74. The van der Waals surface area contributed by atoms with Gasteiger partial charge in [0.15, 0.2) is 11.5 Å². The molecule has 0 fully saturated rings. The Hall–Kier alpha value is -3.03. The van der Waals surface area contributed by atoms with Crippen LogP contribution in [0.25, 0.3) is 10.9 Å². The Balaban J connectivity index is 1.75. The fourth-order valence-electron chi connectivity index (χ4n) is 3.49. The molecule has 1 unspecified atom stereocenters. The van der Waals surface area contributed by atoms with Crippen LogP contribution < -0.4 is 14.8 Å². The van der Waals surface area contributed by atoms with E-state index in [1.165, 1.54) is 12.1 Å². The Labute approximate surface area is 172 Å². The summed E-state index contributed by atoms with van der Waals surface area (Å²) in [6.45, 7) is 7.69. The molecule has 2 heterocycles. The van der Waals surface area contributed by atoms with Crippen molar-refractivity contribution in [1.29, 1.82) is 0 Å². The Morgan fingerprint density at radius 3 is 2.57 bits per heavy atom. The van der Waals surface area contributed by atoms with Gasteiger partial charge < -0.3 is 14.8 Å². The van der Waals surface area contributed by atoms with Crippen LogP contribution in [0.2, 0.25) is 0 Å². The van der Waals surface area contributed by atoms with Crippen LogP contribution in [-0.2, 0) is 0 Å². The van der Waals surface area contributed by atoms with Crippen molar-refractivity contribution in [2.45, 2.75) is 45.8 Å². The number of alkyl halides is 2. The molecule has 0 amide bonds. The van der Waals surface area contributed by atoms with Crippen LogP contribution in [0.1, 0.15) is 50.2 Å². The quantitative estimate of drug-likeness (QED) is 0.587. The molecule has 0 radical (unpaired) electrons. The lowest BCUT2D eigenvalue weighted by Gasteiger charge is -2.32. The molecule has 3 aromatic rings. The van der Waals surface area contributed by atoms with E-state index >= 15 is 0 Å². The highest BCUT2D eigenvalue weighted by molar-refractivity contribution is 5.92. The molecule has 5 nitrogen and oxygen atoms in total. The number of ether oxygens (including phenoxy) is 2. The molecule has 0 aliphatic carbocycles. The van der Waals surface area contributed by atoms with Crippen molar-refractivity contribution < 1.29 is 22.6 Å². The predicted octanol–water partition coefficient (Wildman–Crippen LogP) is 5.74. The van der Waals surface area contributed by atoms with Gasteiger partial charge in [0, 0.05) is 17.0 Å². The van der Waals surface area contributed by atoms with Gasteiger partial charge in [0.2, 0.25) is 0 Å². The minimum atomic E-state index is -2.88. The first kappa shape index (κ1) is 20.3. The normalized spacial score (nSPS) is 16.0. The van der Waals surface area contributed by atoms with Crippen molar-refractivity contribution in [3.8, 4) is 11.5 Å². The standard InChI is InChI=1S/C22H22F3N3O2/c1-11(13-6-5-7-14(19(13)23)20(24)25)26-21-15-8-18-17(29-10-22(3,4)30-18)9-16(15)27-12(2)28-21/h5-9,11,20H,10H2,1-4H3,(H,26,27,28). The van der Waals surface area contributed by atoms with Crippen LogP contribution in [0.15, 0.2) is 30.3 Å². The maximum atomic E-state index is 14.6. The average molecular weight is 417 g/mol. The highest BCUT2D eigenvalue weighted by Gasteiger charge is 2.29. The summed E-state index contributed by atoms with van der Waals surface area (Å²) in [6.07, 6.45) is -2.88. The van der Waals surface area contributed by atoms with Crippen LogP contribution >= 0.6 is 0 Å². The smallest absolute Gasteiger partial charge is 0.266 e. The van der Waals surface area contributed by atoms with E-state index in [1.807, 2.05) is 13.8 Å². The molecular formula is C22H22F3N3O2. The Bertz CT molecular complexity index is 1120. The first-order chi connectivity index (χ1) is 14.1. The van der Waals surface area contributed by atoms with Crippen LogP contribution in [0.4, 0.5) is 19.0 Å². The van der Waals surface area contributed by atoms with Crippen molar-refractivity contribution in [1.82, 2.24) is 9.97 Å². The number of nitrogens with zero attached hydrogens (tertiary/aromatic N) is 2. The van der Waals surface area contributed by atoms with E-state index in [0.29, 0.717) is 40.7 Å². The number of benzene rings is 2. The van der Waals surface area contributed by atoms with E-state index in [1.54, 1.807) is 26.0 Å². The highest BCUT2D eigenvalue weighted by Crippen LogP contribution is 2.40. The summed E-state index contributed by atoms with van der Waals surface area (Å²) in [4.78, 5) is 8.91. The second-order valence-electron chi connectivity index (χ2n) is 8.00. The third-order valence-electron chi connectivity index (χ3n) is 4.95. The minimum absolute atomic E-state index is 0.135. The highest BCUT2D eigenvalue weighted by atomic mass is 19.3. The number of nitrogens with one attached hydrogen (secondary N) is 1. The molecule has 4 rings (SSSR count). The summed E-state index contributed by atoms with van der Waals surface area (Å²) in [5.74, 6) is 1.21. The molecule has 158 valence electrons. The fraction of sp³-hybridized carbons (Fsp3) is 0.364. The number of anilines is 1. The van der Waals surface area contributed by atoms with Crippen molar-refractivity contribution in [2.24, 2.45) is 0 Å². The van der Waals surface area contributed by atoms with E-state index in [0.717, 1.165) is 6.07 Å². The van der Waals surface area contributed by atoms with E-state index in [2.05, 4.69) is 15.3 Å². The minimum Gasteiger partial charge on any atom is -0.485 e. The van der Waals surface area contributed by atoms with E-state index in [-0.39, 0.29) is 5.56 Å². The van der Waals surface area contributed by atoms with Gasteiger partial charge in [-0.05, 0) is 33.8 Å². The van der Waals surface area contributed by atoms with Gasteiger partial charge in [-0.1, -0.05) is 18.2 Å². The zero-order chi connectivity index (χ0) is 21.6. The molecule has 1 aliphatic heterocycles. The first-order valence-corrected chi connectivity index (χ1v) is 9.62. The molecule has 1 atom stereocenters. The van der Waals surface area contributed by atoms with Crippen molar-refractivity contribution in [2.75, 3.05) is 11.9 Å². The molecule has 30 heavy (non-hydrogen) atoms. The second kappa shape index (κ2) is 7.34. The van der Waals surface area contributed by atoms with Crippen LogP contribution in [0.5, 0.6) is 11.5 Å². The van der Waals surface area contributed by atoms with Crippen molar-refractivity contribution >= 4 is 16.7 Å². The molecule has 1 N–H and O–H groups in total. The lowest BCUT2D eigenvalue weighted by Crippen LogP contribution is -2.38. The third-order valence-corrected chi connectivity index (χ3v) is 4.95. The number of rotatable bonds is 4. The Morgan fingerprint density at radius 2 is 1.83 bits per heavy atom. The first-order valence-electron chi connectivity index (χ1n) is 9.62. The van der Waals surface area contributed by atoms with Crippen LogP contribution in [0, 0.1) is 12.7 Å². The van der Waals surface area contributed by atoms with Gasteiger partial charge in [-0.15, -0.1) is 0 Å². The number of hydrogen-bond acceptors (Lipinski definition) is 5. The van der Waals surface area contributed by atoms with Crippen LogP contribution in [-0.4, -0.2) is 22.2 Å². The maximum absolute atomic E-state index is 14.6. The molecule has 2 aromatic carbocycles. The molecule has 0 bridgehead atoms. The van der Waals surface area contributed by atoms with E-state index in [4.69, 9.17) is 9.47 Å². The molecule has 0 spiro atoms. The zero-order valence-electron chi connectivity index (χ0n) is 17.1. The van der Waals surface area contributed by atoms with Crippen molar-refractivity contribution in [3.63, 3.8) is 0 Å². The maximum Gasteiger partial charge on any atom is 0.266 e. The Morgan fingerprint density at radius 1 is 1.10 bits per heavy atom. The SMILES string of the molecule is Cc1nc(NC(C)c2cccc(C(F)F)c2F)c2cc3c(cc2n1)OCC(C)(C)O3. The molecule has 8 heteroatoms. The van der Waals surface area contributed by atoms with Gasteiger partial charge in [0.1, 0.15) is 29.7 Å². The van der Waals surface area contributed by atoms with Gasteiger partial charge in [-0.25, -0.2) is 23.1 Å². The monoisotopic (exact) mass is 417 g/mol. The summed E-state index contributed by atoms with van der Waals surface area (Å²) in [5.41, 5.74) is -0.324. The summed E-state index contributed by atoms with van der Waals surface area (Å²) < 4.78 is 52.6. The van der Waals surface area contributed by atoms with Crippen LogP contribution in [0.3, 0.4) is 0 Å². The van der Waals surface area contributed by atoms with Gasteiger partial charge in [0.25, 0.3) is 6.43 Å². The summed E-state index contributed by atoms with van der Waals surface area (Å²) in [7, 11) is 0. The summed E-state index contributed by atoms with van der Waals surface area (Å²) >= 11 is 0. The molecule has 0 saturated carbocycles. The molecule has 1 aliphatic rings. The summed E-state index contributed by atoms with van der Waals surface area (Å²) in [6, 6.07) is 6.95. The lowest BCUT2D eigenvalue weighted by atomic mass is 10.0. The van der Waals surface area contributed by atoms with Gasteiger partial charge in [-0.3, -0.25) is 0 Å². The Kier molecular flexibility index (Phi) is 4.95. The average Bonchev–Trinajstić information content (AvgIpc) is 2.66.